The van der Waals surface area contributed by atoms with Crippen molar-refractivity contribution in [2.45, 2.75) is 448 Å². The van der Waals surface area contributed by atoms with Crippen molar-refractivity contribution in [1.29, 1.82) is 0 Å². The van der Waals surface area contributed by atoms with Gasteiger partial charge in [0.05, 0.1) is 25.4 Å². The highest BCUT2D eigenvalue weighted by Gasteiger charge is 2.44. The summed E-state index contributed by atoms with van der Waals surface area (Å²) in [7, 11) is 0. The van der Waals surface area contributed by atoms with Crippen molar-refractivity contribution in [2.75, 3.05) is 13.2 Å². The molecule has 1 aliphatic heterocycles. The maximum absolute atomic E-state index is 13.2. The van der Waals surface area contributed by atoms with E-state index in [1.54, 1.807) is 6.08 Å². The summed E-state index contributed by atoms with van der Waals surface area (Å²) >= 11 is 0. The van der Waals surface area contributed by atoms with Crippen LogP contribution in [0.3, 0.4) is 0 Å². The van der Waals surface area contributed by atoms with Gasteiger partial charge in [0, 0.05) is 6.42 Å². The molecule has 1 rings (SSSR count). The predicted octanol–water partition coefficient (Wildman–Crippen LogP) is 21.6. The van der Waals surface area contributed by atoms with Crippen LogP contribution in [0.2, 0.25) is 0 Å². The summed E-state index contributed by atoms with van der Waals surface area (Å²) in [5.74, 6) is -0.177. The molecule has 1 heterocycles. The van der Waals surface area contributed by atoms with Crippen LogP contribution < -0.4 is 5.32 Å². The van der Waals surface area contributed by atoms with Crippen LogP contribution in [0, 0.1) is 0 Å². The number of rotatable bonds is 69. The van der Waals surface area contributed by atoms with Gasteiger partial charge in [-0.15, -0.1) is 0 Å². The molecule has 0 aromatic heterocycles. The molecule has 510 valence electrons. The number of allylic oxidation sites excluding steroid dienone is 3. The van der Waals surface area contributed by atoms with Crippen molar-refractivity contribution in [3.8, 4) is 0 Å². The predicted molar refractivity (Wildman–Crippen MR) is 369 cm³/mol. The zero-order valence-corrected chi connectivity index (χ0v) is 57.4. The van der Waals surface area contributed by atoms with E-state index in [4.69, 9.17) is 9.47 Å². The number of carbonyl (C=O) groups is 1. The van der Waals surface area contributed by atoms with Crippen LogP contribution in [-0.2, 0) is 14.3 Å². The second-order valence-electron chi connectivity index (χ2n) is 27.2. The standard InChI is InChI=1S/C77H149NO8/c1-3-5-7-9-11-13-15-17-19-21-23-25-27-29-31-33-35-37-39-41-43-45-47-49-51-53-55-57-59-61-63-65-67-73(81)78-70(69-85-77-76(84)75(83)74(82)72(68-79)86-77)71(80)66-64-62-60-58-56-54-52-50-48-46-44-42-40-38-36-34-32-30-28-26-24-22-20-18-16-14-12-10-8-6-4-2/h56,58,64,66,70-72,74-77,79-80,82-84H,3-55,57,59-63,65,67-69H2,1-2H3,(H,78,81)/b58-56+,66-64+. The fraction of sp³-hybridized carbons (Fsp3) is 0.935. The summed E-state index contributed by atoms with van der Waals surface area (Å²) in [6, 6.07) is -0.821. The van der Waals surface area contributed by atoms with Crippen LogP contribution in [0.25, 0.3) is 0 Å². The van der Waals surface area contributed by atoms with E-state index in [9.17, 15) is 30.3 Å². The monoisotopic (exact) mass is 1220 g/mol. The van der Waals surface area contributed by atoms with E-state index in [0.717, 1.165) is 38.5 Å². The molecular formula is C77H149NO8. The van der Waals surface area contributed by atoms with Gasteiger partial charge in [-0.05, 0) is 32.1 Å². The number of unbranched alkanes of at least 4 members (excludes halogenated alkanes) is 57. The van der Waals surface area contributed by atoms with E-state index in [2.05, 4.69) is 31.3 Å². The number of hydrogen-bond donors (Lipinski definition) is 6. The van der Waals surface area contributed by atoms with Crippen LogP contribution in [0.5, 0.6) is 0 Å². The smallest absolute Gasteiger partial charge is 0.220 e. The van der Waals surface area contributed by atoms with Gasteiger partial charge in [0.25, 0.3) is 0 Å². The Bertz CT molecular complexity index is 1410. The summed E-state index contributed by atoms with van der Waals surface area (Å²) in [6.45, 7) is 3.84. The maximum Gasteiger partial charge on any atom is 0.220 e. The van der Waals surface area contributed by atoms with Gasteiger partial charge in [0.15, 0.2) is 6.29 Å². The molecule has 0 radical (unpaired) electrons. The molecule has 7 unspecified atom stereocenters. The molecule has 0 spiro atoms. The molecule has 0 saturated carbocycles. The molecule has 1 fully saturated rings. The van der Waals surface area contributed by atoms with E-state index in [1.165, 1.54) is 347 Å². The van der Waals surface area contributed by atoms with Gasteiger partial charge in [0.1, 0.15) is 24.4 Å². The summed E-state index contributed by atoms with van der Waals surface area (Å²) in [5.41, 5.74) is 0. The first-order valence-electron chi connectivity index (χ1n) is 38.6. The van der Waals surface area contributed by atoms with E-state index < -0.39 is 49.5 Å². The minimum absolute atomic E-state index is 0.177. The fourth-order valence-corrected chi connectivity index (χ4v) is 12.8. The minimum atomic E-state index is -1.57. The number of ether oxygens (including phenoxy) is 2. The highest BCUT2D eigenvalue weighted by molar-refractivity contribution is 5.76. The first-order chi connectivity index (χ1) is 42.3. The molecule has 86 heavy (non-hydrogen) atoms. The lowest BCUT2D eigenvalue weighted by Crippen LogP contribution is -2.60. The lowest BCUT2D eigenvalue weighted by Gasteiger charge is -2.40. The van der Waals surface area contributed by atoms with Crippen molar-refractivity contribution < 1.29 is 39.8 Å². The Morgan fingerprint density at radius 1 is 0.384 bits per heavy atom. The Morgan fingerprint density at radius 3 is 0.977 bits per heavy atom. The molecule has 0 bridgehead atoms. The summed E-state index contributed by atoms with van der Waals surface area (Å²) < 4.78 is 11.3. The normalized spacial score (nSPS) is 18.1. The van der Waals surface area contributed by atoms with Gasteiger partial charge in [0.2, 0.25) is 5.91 Å². The zero-order chi connectivity index (χ0) is 62.1. The minimum Gasteiger partial charge on any atom is -0.394 e. The van der Waals surface area contributed by atoms with E-state index in [-0.39, 0.29) is 12.5 Å². The summed E-state index contributed by atoms with van der Waals surface area (Å²) in [4.78, 5) is 13.2. The molecule has 7 atom stereocenters. The van der Waals surface area contributed by atoms with E-state index >= 15 is 0 Å². The topological polar surface area (TPSA) is 149 Å². The van der Waals surface area contributed by atoms with Crippen LogP contribution in [0.15, 0.2) is 24.3 Å². The third-order valence-corrected chi connectivity index (χ3v) is 18.8. The first kappa shape index (κ1) is 82.7. The van der Waals surface area contributed by atoms with Crippen molar-refractivity contribution >= 4 is 5.91 Å². The van der Waals surface area contributed by atoms with Gasteiger partial charge in [-0.1, -0.05) is 391 Å². The van der Waals surface area contributed by atoms with Crippen molar-refractivity contribution in [1.82, 2.24) is 5.32 Å². The number of aliphatic hydroxyl groups is 5. The van der Waals surface area contributed by atoms with Gasteiger partial charge < -0.3 is 40.3 Å². The van der Waals surface area contributed by atoms with E-state index in [1.807, 2.05) is 6.08 Å². The largest absolute Gasteiger partial charge is 0.394 e. The Kier molecular flexibility index (Phi) is 64.0. The number of aliphatic hydroxyl groups excluding tert-OH is 5. The third kappa shape index (κ3) is 54.4. The van der Waals surface area contributed by atoms with Crippen LogP contribution in [0.1, 0.15) is 406 Å². The maximum atomic E-state index is 13.2. The van der Waals surface area contributed by atoms with Crippen LogP contribution >= 0.6 is 0 Å². The van der Waals surface area contributed by atoms with Gasteiger partial charge in [-0.25, -0.2) is 0 Å². The fourth-order valence-electron chi connectivity index (χ4n) is 12.8. The number of hydrogen-bond acceptors (Lipinski definition) is 8. The highest BCUT2D eigenvalue weighted by atomic mass is 16.7. The average molecular weight is 1220 g/mol. The molecule has 1 saturated heterocycles. The Hall–Kier alpha value is -1.33. The van der Waals surface area contributed by atoms with E-state index in [0.29, 0.717) is 6.42 Å². The van der Waals surface area contributed by atoms with Crippen LogP contribution in [0.4, 0.5) is 0 Å². The summed E-state index contributed by atoms with van der Waals surface area (Å²) in [5, 5.41) is 54.8. The third-order valence-electron chi connectivity index (χ3n) is 18.8. The van der Waals surface area contributed by atoms with Gasteiger partial charge in [-0.2, -0.15) is 0 Å². The highest BCUT2D eigenvalue weighted by Crippen LogP contribution is 2.24. The van der Waals surface area contributed by atoms with Gasteiger partial charge >= 0.3 is 0 Å². The number of nitrogens with one attached hydrogen (secondary N) is 1. The van der Waals surface area contributed by atoms with Crippen molar-refractivity contribution in [3.63, 3.8) is 0 Å². The average Bonchev–Trinajstić information content (AvgIpc) is 2.33. The summed E-state index contributed by atoms with van der Waals surface area (Å²) in [6.07, 6.45) is 81.8. The molecule has 0 aliphatic carbocycles. The Morgan fingerprint density at radius 2 is 0.663 bits per heavy atom. The quantitative estimate of drug-likeness (QED) is 0.0261. The second-order valence-corrected chi connectivity index (χ2v) is 27.2. The molecule has 1 amide bonds. The first-order valence-corrected chi connectivity index (χ1v) is 38.6. The zero-order valence-electron chi connectivity index (χ0n) is 57.4. The molecule has 0 aromatic rings. The van der Waals surface area contributed by atoms with Gasteiger partial charge in [-0.3, -0.25) is 4.79 Å². The van der Waals surface area contributed by atoms with Crippen LogP contribution in [-0.4, -0.2) is 87.5 Å². The van der Waals surface area contributed by atoms with Crippen molar-refractivity contribution in [2.24, 2.45) is 0 Å². The Labute approximate surface area is 534 Å². The lowest BCUT2D eigenvalue weighted by atomic mass is 9.99. The number of carbonyl (C=O) groups excluding carboxylic acids is 1. The Balaban J connectivity index is 2.09. The van der Waals surface area contributed by atoms with Crippen molar-refractivity contribution in [3.05, 3.63) is 24.3 Å². The number of amides is 1. The molecular weight excluding hydrogens is 1070 g/mol. The molecule has 1 aliphatic rings. The second kappa shape index (κ2) is 66.6. The molecule has 0 aromatic carbocycles. The molecule has 9 nitrogen and oxygen atoms in total. The SMILES string of the molecule is CCCCCCCCCCCCCCCCCCCCCCCCCCC/C=C/CC/C=C/C(O)C(COC1OC(CO)C(O)C(O)C1O)NC(=O)CCCCCCCCCCCCCCCCCCCCCCCCCCCCCCCCCC. The lowest BCUT2D eigenvalue weighted by molar-refractivity contribution is -0.302. The molecule has 9 heteroatoms. The molecule has 6 N–H and O–H groups in total.